The zero-order chi connectivity index (χ0) is 21.8. The van der Waals surface area contributed by atoms with Crippen LogP contribution >= 0.6 is 11.5 Å². The molecule has 31 heavy (non-hydrogen) atoms. The second kappa shape index (κ2) is 9.11. The van der Waals surface area contributed by atoms with Crippen LogP contribution in [0.2, 0.25) is 0 Å². The molecule has 0 unspecified atom stereocenters. The van der Waals surface area contributed by atoms with E-state index in [1.54, 1.807) is 4.90 Å². The summed E-state index contributed by atoms with van der Waals surface area (Å²) in [5.74, 6) is 0.943. The van der Waals surface area contributed by atoms with Gasteiger partial charge in [0.25, 0.3) is 5.89 Å². The SMILES string of the molecule is CC(C)(C)OC(=O)N1CCC(OCc2noc(-c3ccc(-c4csnn4)cc3)n2)CC1. The molecule has 1 aliphatic heterocycles. The van der Waals surface area contributed by atoms with Crippen LogP contribution in [-0.4, -0.2) is 55.5 Å². The molecule has 4 rings (SSSR count). The van der Waals surface area contributed by atoms with Crippen molar-refractivity contribution in [2.75, 3.05) is 13.1 Å². The molecule has 0 saturated carbocycles. The Kier molecular flexibility index (Phi) is 6.28. The molecule has 3 heterocycles. The van der Waals surface area contributed by atoms with E-state index in [1.165, 1.54) is 11.5 Å². The van der Waals surface area contributed by atoms with Crippen LogP contribution in [-0.2, 0) is 16.1 Å². The highest BCUT2D eigenvalue weighted by Gasteiger charge is 2.27. The normalized spacial score (nSPS) is 15.3. The lowest BCUT2D eigenvalue weighted by Crippen LogP contribution is -2.43. The van der Waals surface area contributed by atoms with Crippen LogP contribution in [0.3, 0.4) is 0 Å². The minimum atomic E-state index is -0.487. The molecule has 1 aromatic carbocycles. The molecule has 0 spiro atoms. The van der Waals surface area contributed by atoms with Gasteiger partial charge in [0.2, 0.25) is 0 Å². The summed E-state index contributed by atoms with van der Waals surface area (Å²) in [6, 6.07) is 7.73. The number of nitrogens with zero attached hydrogens (tertiary/aromatic N) is 5. The Labute approximate surface area is 184 Å². The van der Waals surface area contributed by atoms with E-state index in [-0.39, 0.29) is 18.8 Å². The van der Waals surface area contributed by atoms with Gasteiger partial charge in [-0.3, -0.25) is 0 Å². The van der Waals surface area contributed by atoms with E-state index in [0.29, 0.717) is 24.8 Å². The summed E-state index contributed by atoms with van der Waals surface area (Å²) in [6.07, 6.45) is 1.27. The average Bonchev–Trinajstić information content (AvgIpc) is 3.44. The largest absolute Gasteiger partial charge is 0.444 e. The Bertz CT molecular complexity index is 990. The van der Waals surface area contributed by atoms with Gasteiger partial charge in [0.15, 0.2) is 5.82 Å². The molecule has 0 aliphatic carbocycles. The van der Waals surface area contributed by atoms with Crippen molar-refractivity contribution in [1.82, 2.24) is 24.6 Å². The first-order valence-electron chi connectivity index (χ1n) is 10.2. The summed E-state index contributed by atoms with van der Waals surface area (Å²) < 4.78 is 20.6. The van der Waals surface area contributed by atoms with Crippen LogP contribution in [0.1, 0.15) is 39.4 Å². The Morgan fingerprint density at radius 2 is 1.90 bits per heavy atom. The fraction of sp³-hybridized carbons (Fsp3) is 0.476. The van der Waals surface area contributed by atoms with Crippen LogP contribution in [0.5, 0.6) is 0 Å². The fourth-order valence-electron chi connectivity index (χ4n) is 3.23. The molecule has 2 aromatic heterocycles. The molecule has 9 nitrogen and oxygen atoms in total. The van der Waals surface area contributed by atoms with Crippen molar-refractivity contribution >= 4 is 17.6 Å². The molecule has 1 amide bonds. The molecular formula is C21H25N5O4S. The molecule has 0 atom stereocenters. The first kappa shape index (κ1) is 21.4. The van der Waals surface area contributed by atoms with E-state index in [4.69, 9.17) is 14.0 Å². The van der Waals surface area contributed by atoms with Crippen LogP contribution in [0.25, 0.3) is 22.7 Å². The lowest BCUT2D eigenvalue weighted by Gasteiger charge is -2.33. The molecule has 3 aromatic rings. The lowest BCUT2D eigenvalue weighted by molar-refractivity contribution is -0.0190. The Morgan fingerprint density at radius 3 is 2.55 bits per heavy atom. The zero-order valence-corrected chi connectivity index (χ0v) is 18.6. The topological polar surface area (TPSA) is 103 Å². The van der Waals surface area contributed by atoms with E-state index in [0.717, 1.165) is 29.7 Å². The summed E-state index contributed by atoms with van der Waals surface area (Å²) in [5, 5.41) is 9.98. The number of rotatable bonds is 5. The van der Waals surface area contributed by atoms with E-state index < -0.39 is 5.60 Å². The van der Waals surface area contributed by atoms with Crippen LogP contribution in [0.4, 0.5) is 4.79 Å². The number of aromatic nitrogens is 4. The number of piperidine rings is 1. The predicted octanol–water partition coefficient (Wildman–Crippen LogP) is 4.17. The van der Waals surface area contributed by atoms with E-state index >= 15 is 0 Å². The van der Waals surface area contributed by atoms with Crippen molar-refractivity contribution in [2.45, 2.75) is 51.9 Å². The highest BCUT2D eigenvalue weighted by Crippen LogP contribution is 2.24. The van der Waals surface area contributed by atoms with Gasteiger partial charge in [0, 0.05) is 29.6 Å². The first-order valence-corrected chi connectivity index (χ1v) is 11.0. The molecule has 0 N–H and O–H groups in total. The molecule has 0 bridgehead atoms. The highest BCUT2D eigenvalue weighted by molar-refractivity contribution is 7.03. The zero-order valence-electron chi connectivity index (χ0n) is 17.8. The maximum absolute atomic E-state index is 12.1. The number of benzene rings is 1. The highest BCUT2D eigenvalue weighted by atomic mass is 32.1. The smallest absolute Gasteiger partial charge is 0.410 e. The Morgan fingerprint density at radius 1 is 1.19 bits per heavy atom. The maximum Gasteiger partial charge on any atom is 0.410 e. The summed E-state index contributed by atoms with van der Waals surface area (Å²) in [5.41, 5.74) is 2.17. The summed E-state index contributed by atoms with van der Waals surface area (Å²) in [7, 11) is 0. The van der Waals surface area contributed by atoms with Gasteiger partial charge in [-0.1, -0.05) is 21.8 Å². The number of ether oxygens (including phenoxy) is 2. The first-order chi connectivity index (χ1) is 14.9. The van der Waals surface area contributed by atoms with Crippen molar-refractivity contribution in [1.29, 1.82) is 0 Å². The number of carbonyl (C=O) groups is 1. The van der Waals surface area contributed by atoms with Gasteiger partial charge in [-0.2, -0.15) is 4.98 Å². The Hall–Kier alpha value is -2.85. The van der Waals surface area contributed by atoms with Crippen LogP contribution < -0.4 is 0 Å². The second-order valence-corrected chi connectivity index (χ2v) is 8.97. The maximum atomic E-state index is 12.1. The third-order valence-corrected chi connectivity index (χ3v) is 5.30. The lowest BCUT2D eigenvalue weighted by atomic mass is 10.1. The van der Waals surface area contributed by atoms with E-state index in [2.05, 4.69) is 19.7 Å². The number of amides is 1. The molecule has 1 fully saturated rings. The van der Waals surface area contributed by atoms with Gasteiger partial charge >= 0.3 is 6.09 Å². The van der Waals surface area contributed by atoms with E-state index in [1.807, 2.05) is 50.4 Å². The van der Waals surface area contributed by atoms with Gasteiger partial charge in [-0.05, 0) is 57.3 Å². The van der Waals surface area contributed by atoms with Crippen molar-refractivity contribution in [3.05, 3.63) is 35.5 Å². The molecule has 1 aliphatic rings. The van der Waals surface area contributed by atoms with Crippen molar-refractivity contribution in [3.8, 4) is 22.7 Å². The molecular weight excluding hydrogens is 418 g/mol. The second-order valence-electron chi connectivity index (χ2n) is 8.36. The number of carbonyl (C=O) groups excluding carboxylic acids is 1. The third-order valence-electron chi connectivity index (χ3n) is 4.80. The minimum Gasteiger partial charge on any atom is -0.444 e. The predicted molar refractivity (Wildman–Crippen MR) is 114 cm³/mol. The monoisotopic (exact) mass is 443 g/mol. The van der Waals surface area contributed by atoms with Crippen molar-refractivity contribution < 1.29 is 18.8 Å². The average molecular weight is 444 g/mol. The van der Waals surface area contributed by atoms with E-state index in [9.17, 15) is 4.79 Å². The van der Waals surface area contributed by atoms with Gasteiger partial charge < -0.3 is 18.9 Å². The molecule has 1 saturated heterocycles. The van der Waals surface area contributed by atoms with Gasteiger partial charge in [0.1, 0.15) is 17.9 Å². The summed E-state index contributed by atoms with van der Waals surface area (Å²) >= 11 is 1.32. The number of likely N-dealkylation sites (tertiary alicyclic amines) is 1. The standard InChI is InChI=1S/C21H25N5O4S/c1-21(2,3)29-20(27)26-10-8-16(9-11-26)28-12-18-22-19(30-24-18)15-6-4-14(5-7-15)17-13-31-25-23-17/h4-7,13,16H,8-12H2,1-3H3. The summed E-state index contributed by atoms with van der Waals surface area (Å²) in [6.45, 7) is 7.09. The van der Waals surface area contributed by atoms with Crippen molar-refractivity contribution in [2.24, 2.45) is 0 Å². The molecule has 10 heteroatoms. The quantitative estimate of drug-likeness (QED) is 0.579. The van der Waals surface area contributed by atoms with Crippen LogP contribution in [0.15, 0.2) is 34.2 Å². The Balaban J connectivity index is 1.26. The fourth-order valence-corrected chi connectivity index (χ4v) is 3.69. The van der Waals surface area contributed by atoms with Gasteiger partial charge in [-0.15, -0.1) is 5.10 Å². The summed E-state index contributed by atoms with van der Waals surface area (Å²) in [4.78, 5) is 18.3. The number of hydrogen-bond donors (Lipinski definition) is 0. The van der Waals surface area contributed by atoms with Crippen molar-refractivity contribution in [3.63, 3.8) is 0 Å². The van der Waals surface area contributed by atoms with Gasteiger partial charge in [-0.25, -0.2) is 4.79 Å². The molecule has 0 radical (unpaired) electrons. The minimum absolute atomic E-state index is 0.0478. The molecule has 164 valence electrons. The third kappa shape index (κ3) is 5.65. The number of hydrogen-bond acceptors (Lipinski definition) is 9. The van der Waals surface area contributed by atoms with Crippen LogP contribution in [0, 0.1) is 0 Å². The van der Waals surface area contributed by atoms with Gasteiger partial charge in [0.05, 0.1) is 6.10 Å².